The Balaban J connectivity index is 1.58. The van der Waals surface area contributed by atoms with E-state index >= 15 is 0 Å². The second-order valence-corrected chi connectivity index (χ2v) is 6.91. The lowest BCUT2D eigenvalue weighted by Crippen LogP contribution is -2.36. The number of nitrogens with one attached hydrogen (secondary N) is 2. The first-order chi connectivity index (χ1) is 11.3. The molecule has 0 aromatic carbocycles. The van der Waals surface area contributed by atoms with Crippen LogP contribution in [-0.2, 0) is 0 Å². The number of hydrogen-bond acceptors (Lipinski definition) is 4. The maximum atomic E-state index is 12.4. The van der Waals surface area contributed by atoms with E-state index in [4.69, 9.17) is 0 Å². The Morgan fingerprint density at radius 3 is 2.22 bits per heavy atom. The number of hydrogen-bond donors (Lipinski definition) is 2. The Labute approximate surface area is 138 Å². The molecule has 1 aromatic rings. The molecule has 1 amide bonds. The zero-order valence-corrected chi connectivity index (χ0v) is 13.9. The van der Waals surface area contributed by atoms with Crippen LogP contribution in [0.1, 0.15) is 81.1 Å². The van der Waals surface area contributed by atoms with Crippen LogP contribution < -0.4 is 10.6 Å². The van der Waals surface area contributed by atoms with Crippen LogP contribution in [0.4, 0.5) is 5.95 Å². The van der Waals surface area contributed by atoms with Gasteiger partial charge in [-0.25, -0.2) is 9.97 Å². The third kappa shape index (κ3) is 4.91. The molecule has 5 heteroatoms. The molecule has 1 heterocycles. The average Bonchev–Trinajstić information content (AvgIpc) is 2.85. The highest BCUT2D eigenvalue weighted by atomic mass is 16.1. The van der Waals surface area contributed by atoms with Gasteiger partial charge in [-0.2, -0.15) is 0 Å². The van der Waals surface area contributed by atoms with Gasteiger partial charge in [0.05, 0.1) is 0 Å². The molecule has 2 aliphatic carbocycles. The van der Waals surface area contributed by atoms with Crippen LogP contribution in [0.15, 0.2) is 12.3 Å². The third-order valence-corrected chi connectivity index (χ3v) is 5.02. The van der Waals surface area contributed by atoms with Crippen LogP contribution >= 0.6 is 0 Å². The second kappa shape index (κ2) is 8.27. The lowest BCUT2D eigenvalue weighted by molar-refractivity contribution is 0.0922. The summed E-state index contributed by atoms with van der Waals surface area (Å²) in [6, 6.07) is 2.45. The molecule has 0 unspecified atom stereocenters. The first-order valence-corrected chi connectivity index (χ1v) is 9.22. The van der Waals surface area contributed by atoms with Gasteiger partial charge in [0, 0.05) is 18.3 Å². The van der Waals surface area contributed by atoms with Crippen LogP contribution in [0, 0.1) is 0 Å². The van der Waals surface area contributed by atoms with Gasteiger partial charge in [-0.15, -0.1) is 0 Å². The van der Waals surface area contributed by atoms with Crippen molar-refractivity contribution in [2.45, 2.75) is 82.7 Å². The molecule has 3 rings (SSSR count). The van der Waals surface area contributed by atoms with E-state index in [9.17, 15) is 4.79 Å². The highest BCUT2D eigenvalue weighted by Gasteiger charge is 2.18. The molecule has 2 aliphatic rings. The first kappa shape index (κ1) is 16.2. The molecule has 2 saturated carbocycles. The van der Waals surface area contributed by atoms with Crippen molar-refractivity contribution in [1.29, 1.82) is 0 Å². The normalized spacial score (nSPS) is 20.7. The van der Waals surface area contributed by atoms with E-state index in [1.54, 1.807) is 12.3 Å². The summed E-state index contributed by atoms with van der Waals surface area (Å²) in [5.74, 6) is 0.524. The minimum atomic E-state index is -0.0665. The number of carbonyl (C=O) groups excluding carboxylic acids is 1. The van der Waals surface area contributed by atoms with Crippen LogP contribution in [0.5, 0.6) is 0 Å². The van der Waals surface area contributed by atoms with Crippen molar-refractivity contribution >= 4 is 11.9 Å². The highest BCUT2D eigenvalue weighted by molar-refractivity contribution is 5.92. The minimum Gasteiger partial charge on any atom is -0.351 e. The van der Waals surface area contributed by atoms with Gasteiger partial charge >= 0.3 is 0 Å². The number of rotatable bonds is 4. The van der Waals surface area contributed by atoms with E-state index in [1.807, 2.05) is 0 Å². The number of aromatic nitrogens is 2. The van der Waals surface area contributed by atoms with Gasteiger partial charge in [-0.05, 0) is 31.7 Å². The Morgan fingerprint density at radius 2 is 1.52 bits per heavy atom. The fraction of sp³-hybridized carbons (Fsp3) is 0.722. The van der Waals surface area contributed by atoms with Gasteiger partial charge in [0.25, 0.3) is 5.91 Å². The zero-order chi connectivity index (χ0) is 15.9. The number of anilines is 1. The van der Waals surface area contributed by atoms with Gasteiger partial charge in [0.2, 0.25) is 5.95 Å². The molecule has 0 radical (unpaired) electrons. The van der Waals surface area contributed by atoms with E-state index in [2.05, 4.69) is 20.6 Å². The van der Waals surface area contributed by atoms with E-state index in [1.165, 1.54) is 57.8 Å². The van der Waals surface area contributed by atoms with Crippen LogP contribution in [0.3, 0.4) is 0 Å². The lowest BCUT2D eigenvalue weighted by Gasteiger charge is -2.22. The van der Waals surface area contributed by atoms with Crippen molar-refractivity contribution in [1.82, 2.24) is 15.3 Å². The predicted molar refractivity (Wildman–Crippen MR) is 91.5 cm³/mol. The second-order valence-electron chi connectivity index (χ2n) is 6.91. The van der Waals surface area contributed by atoms with Crippen molar-refractivity contribution in [3.8, 4) is 0 Å². The largest absolute Gasteiger partial charge is 0.351 e. The molecule has 5 nitrogen and oxygen atoms in total. The third-order valence-electron chi connectivity index (χ3n) is 5.02. The minimum absolute atomic E-state index is 0.0665. The lowest BCUT2D eigenvalue weighted by atomic mass is 9.95. The van der Waals surface area contributed by atoms with Crippen LogP contribution in [0.25, 0.3) is 0 Å². The SMILES string of the molecule is O=C(NC1CCCCC1)c1ccnc(NC2CCCCCC2)n1. The van der Waals surface area contributed by atoms with E-state index < -0.39 is 0 Å². The van der Waals surface area contributed by atoms with Gasteiger partial charge in [-0.3, -0.25) is 4.79 Å². The van der Waals surface area contributed by atoms with E-state index in [0.29, 0.717) is 23.7 Å². The molecule has 1 aromatic heterocycles. The van der Waals surface area contributed by atoms with Crippen molar-refractivity contribution in [3.05, 3.63) is 18.0 Å². The molecule has 2 fully saturated rings. The predicted octanol–water partition coefficient (Wildman–Crippen LogP) is 3.67. The monoisotopic (exact) mass is 316 g/mol. The van der Waals surface area contributed by atoms with Gasteiger partial charge in [-0.1, -0.05) is 44.9 Å². The number of nitrogens with zero attached hydrogens (tertiary/aromatic N) is 2. The molecule has 0 spiro atoms. The molecule has 0 atom stereocenters. The molecule has 0 saturated heterocycles. The Bertz CT molecular complexity index is 505. The van der Waals surface area contributed by atoms with Crippen LogP contribution in [0.2, 0.25) is 0 Å². The topological polar surface area (TPSA) is 66.9 Å². The number of carbonyl (C=O) groups is 1. The summed E-state index contributed by atoms with van der Waals surface area (Å²) in [4.78, 5) is 21.1. The van der Waals surface area contributed by atoms with Gasteiger partial charge in [0.1, 0.15) is 5.69 Å². The summed E-state index contributed by atoms with van der Waals surface area (Å²) >= 11 is 0. The highest BCUT2D eigenvalue weighted by Crippen LogP contribution is 2.20. The summed E-state index contributed by atoms with van der Waals surface area (Å²) < 4.78 is 0. The summed E-state index contributed by atoms with van der Waals surface area (Å²) in [5, 5.41) is 6.54. The summed E-state index contributed by atoms with van der Waals surface area (Å²) in [5.41, 5.74) is 0.474. The molecule has 2 N–H and O–H groups in total. The molecule has 126 valence electrons. The smallest absolute Gasteiger partial charge is 0.270 e. The zero-order valence-electron chi connectivity index (χ0n) is 13.9. The Morgan fingerprint density at radius 1 is 0.913 bits per heavy atom. The quantitative estimate of drug-likeness (QED) is 0.832. The van der Waals surface area contributed by atoms with Crippen molar-refractivity contribution in [2.24, 2.45) is 0 Å². The van der Waals surface area contributed by atoms with E-state index in [-0.39, 0.29) is 5.91 Å². The molecular weight excluding hydrogens is 288 g/mol. The molecule has 23 heavy (non-hydrogen) atoms. The standard InChI is InChI=1S/C18H28N4O/c23-17(20-14-8-6-3-7-9-14)16-12-13-19-18(22-16)21-15-10-4-1-2-5-11-15/h12-15H,1-11H2,(H,20,23)(H,19,21,22). The fourth-order valence-corrected chi connectivity index (χ4v) is 3.67. The van der Waals surface area contributed by atoms with Crippen LogP contribution in [-0.4, -0.2) is 28.0 Å². The maximum Gasteiger partial charge on any atom is 0.270 e. The summed E-state index contributed by atoms with van der Waals surface area (Å²) in [6.45, 7) is 0. The average molecular weight is 316 g/mol. The summed E-state index contributed by atoms with van der Waals surface area (Å²) in [7, 11) is 0. The number of amides is 1. The van der Waals surface area contributed by atoms with Gasteiger partial charge < -0.3 is 10.6 Å². The van der Waals surface area contributed by atoms with Gasteiger partial charge in [0.15, 0.2) is 0 Å². The van der Waals surface area contributed by atoms with Crippen molar-refractivity contribution in [2.75, 3.05) is 5.32 Å². The maximum absolute atomic E-state index is 12.4. The van der Waals surface area contributed by atoms with Crippen molar-refractivity contribution < 1.29 is 4.79 Å². The molecular formula is C18H28N4O. The Hall–Kier alpha value is -1.65. The first-order valence-electron chi connectivity index (χ1n) is 9.22. The summed E-state index contributed by atoms with van der Waals surface area (Å²) in [6.07, 6.45) is 15.1. The molecule has 0 bridgehead atoms. The van der Waals surface area contributed by atoms with E-state index in [0.717, 1.165) is 12.8 Å². The van der Waals surface area contributed by atoms with Crippen molar-refractivity contribution in [3.63, 3.8) is 0 Å². The Kier molecular flexibility index (Phi) is 5.83. The fourth-order valence-electron chi connectivity index (χ4n) is 3.67. The molecule has 0 aliphatic heterocycles.